The van der Waals surface area contributed by atoms with Crippen molar-refractivity contribution in [3.63, 3.8) is 0 Å². The van der Waals surface area contributed by atoms with Crippen LogP contribution in [0.15, 0.2) is 12.3 Å². The summed E-state index contributed by atoms with van der Waals surface area (Å²) in [5.41, 5.74) is 6.15. The van der Waals surface area contributed by atoms with E-state index in [1.807, 2.05) is 0 Å². The number of nitrogens with zero attached hydrogens (tertiary/aromatic N) is 2. The summed E-state index contributed by atoms with van der Waals surface area (Å²) in [5, 5.41) is 2.58. The molecule has 0 saturated heterocycles. The number of hydrogen-bond donors (Lipinski definition) is 2. The van der Waals surface area contributed by atoms with Crippen molar-refractivity contribution in [2.45, 2.75) is 6.42 Å². The molecule has 0 saturated carbocycles. The van der Waals surface area contributed by atoms with Gasteiger partial charge < -0.3 is 16.0 Å². The summed E-state index contributed by atoms with van der Waals surface area (Å²) < 4.78 is 0. The zero-order valence-corrected chi connectivity index (χ0v) is 11.0. The summed E-state index contributed by atoms with van der Waals surface area (Å²) in [6, 6.07) is 1.47. The number of nitrogen functional groups attached to an aromatic ring is 1. The summed E-state index contributed by atoms with van der Waals surface area (Å²) >= 11 is 5.83. The van der Waals surface area contributed by atoms with Gasteiger partial charge in [-0.05, 0) is 6.07 Å². The summed E-state index contributed by atoms with van der Waals surface area (Å²) in [6.07, 6.45) is 1.61. The number of anilines is 1. The fraction of sp³-hybridized carbons (Fsp3) is 0.364. The van der Waals surface area contributed by atoms with E-state index in [-0.39, 0.29) is 29.0 Å². The zero-order valence-electron chi connectivity index (χ0n) is 10.2. The van der Waals surface area contributed by atoms with E-state index in [1.165, 1.54) is 17.2 Å². The molecule has 1 heterocycles. The second kappa shape index (κ2) is 6.20. The van der Waals surface area contributed by atoms with Gasteiger partial charge in [-0.2, -0.15) is 0 Å². The molecule has 0 spiro atoms. The number of nitrogens with two attached hydrogens (primary N) is 1. The van der Waals surface area contributed by atoms with Gasteiger partial charge in [-0.25, -0.2) is 4.98 Å². The van der Waals surface area contributed by atoms with Crippen molar-refractivity contribution >= 4 is 29.1 Å². The van der Waals surface area contributed by atoms with E-state index in [0.29, 0.717) is 12.2 Å². The minimum Gasteiger partial charge on any atom is -0.397 e. The van der Waals surface area contributed by atoms with Gasteiger partial charge >= 0.3 is 0 Å². The third-order valence-electron chi connectivity index (χ3n) is 2.39. The number of aromatic nitrogens is 1. The molecule has 1 aromatic heterocycles. The second-order valence-electron chi connectivity index (χ2n) is 3.76. The molecule has 1 rings (SSSR count). The molecule has 0 radical (unpaired) electrons. The largest absolute Gasteiger partial charge is 0.397 e. The molecule has 0 aliphatic rings. The molecule has 7 heteroatoms. The minimum absolute atomic E-state index is 0.0981. The first-order valence-corrected chi connectivity index (χ1v) is 5.70. The van der Waals surface area contributed by atoms with Crippen LogP contribution in [-0.4, -0.2) is 42.3 Å². The normalized spacial score (nSPS) is 9.94. The van der Waals surface area contributed by atoms with Crippen LogP contribution >= 0.6 is 11.6 Å². The van der Waals surface area contributed by atoms with E-state index in [2.05, 4.69) is 10.3 Å². The van der Waals surface area contributed by atoms with E-state index < -0.39 is 0 Å². The number of amides is 2. The number of halogens is 1. The number of pyridine rings is 1. The molecule has 0 fully saturated rings. The van der Waals surface area contributed by atoms with Crippen LogP contribution in [-0.2, 0) is 4.79 Å². The molecule has 18 heavy (non-hydrogen) atoms. The van der Waals surface area contributed by atoms with Gasteiger partial charge in [0.25, 0.3) is 5.91 Å². The van der Waals surface area contributed by atoms with Gasteiger partial charge in [-0.3, -0.25) is 9.59 Å². The standard InChI is InChI=1S/C11H15ClN4O2/c1-14-9(17)3-4-16(2)11(18)8-5-7(13)6-15-10(8)12/h5-6H,3-4,13H2,1-2H3,(H,14,17). The number of hydrogen-bond acceptors (Lipinski definition) is 4. The van der Waals surface area contributed by atoms with Crippen LogP contribution in [0.2, 0.25) is 5.15 Å². The highest BCUT2D eigenvalue weighted by molar-refractivity contribution is 6.32. The van der Waals surface area contributed by atoms with E-state index >= 15 is 0 Å². The van der Waals surface area contributed by atoms with E-state index in [1.54, 1.807) is 14.1 Å². The van der Waals surface area contributed by atoms with Crippen molar-refractivity contribution in [1.29, 1.82) is 0 Å². The molecule has 6 nitrogen and oxygen atoms in total. The number of carbonyl (C=O) groups is 2. The van der Waals surface area contributed by atoms with Crippen molar-refractivity contribution in [2.24, 2.45) is 0 Å². The molecular weight excluding hydrogens is 256 g/mol. The van der Waals surface area contributed by atoms with Gasteiger partial charge in [-0.1, -0.05) is 11.6 Å². The third kappa shape index (κ3) is 3.59. The molecule has 0 aliphatic heterocycles. The Balaban J connectivity index is 2.74. The predicted molar refractivity (Wildman–Crippen MR) is 69.3 cm³/mol. The molecule has 0 unspecified atom stereocenters. The lowest BCUT2D eigenvalue weighted by molar-refractivity contribution is -0.120. The molecule has 2 amide bonds. The van der Waals surface area contributed by atoms with Crippen LogP contribution in [0, 0.1) is 0 Å². The van der Waals surface area contributed by atoms with Crippen LogP contribution < -0.4 is 11.1 Å². The van der Waals surface area contributed by atoms with Crippen molar-refractivity contribution < 1.29 is 9.59 Å². The van der Waals surface area contributed by atoms with Gasteiger partial charge in [0, 0.05) is 27.1 Å². The third-order valence-corrected chi connectivity index (χ3v) is 2.69. The fourth-order valence-electron chi connectivity index (χ4n) is 1.32. The maximum Gasteiger partial charge on any atom is 0.256 e. The first-order chi connectivity index (χ1) is 8.45. The Hall–Kier alpha value is -1.82. The number of nitrogens with one attached hydrogen (secondary N) is 1. The van der Waals surface area contributed by atoms with Crippen LogP contribution in [0.1, 0.15) is 16.8 Å². The first kappa shape index (κ1) is 14.2. The van der Waals surface area contributed by atoms with Gasteiger partial charge in [0.1, 0.15) is 5.15 Å². The molecule has 1 aromatic rings. The Bertz CT molecular complexity index is 464. The number of rotatable bonds is 4. The number of carbonyl (C=O) groups excluding carboxylic acids is 2. The first-order valence-electron chi connectivity index (χ1n) is 5.32. The molecular formula is C11H15ClN4O2. The smallest absolute Gasteiger partial charge is 0.256 e. The lowest BCUT2D eigenvalue weighted by Gasteiger charge is -2.17. The Morgan fingerprint density at radius 2 is 2.22 bits per heavy atom. The Labute approximate surface area is 110 Å². The van der Waals surface area contributed by atoms with Gasteiger partial charge in [-0.15, -0.1) is 0 Å². The van der Waals surface area contributed by atoms with Gasteiger partial charge in [0.05, 0.1) is 17.4 Å². The molecule has 0 aromatic carbocycles. The summed E-state index contributed by atoms with van der Waals surface area (Å²) in [4.78, 5) is 28.3. The van der Waals surface area contributed by atoms with Crippen molar-refractivity contribution in [3.05, 3.63) is 23.0 Å². The Kier molecular flexibility index (Phi) is 4.91. The average Bonchev–Trinajstić information content (AvgIpc) is 2.37. The maximum atomic E-state index is 12.0. The SMILES string of the molecule is CNC(=O)CCN(C)C(=O)c1cc(N)cnc1Cl. The van der Waals surface area contributed by atoms with Crippen LogP contribution in [0.25, 0.3) is 0 Å². The van der Waals surface area contributed by atoms with E-state index in [0.717, 1.165) is 0 Å². The Morgan fingerprint density at radius 3 is 2.83 bits per heavy atom. The van der Waals surface area contributed by atoms with Gasteiger partial charge in [0.15, 0.2) is 0 Å². The summed E-state index contributed by atoms with van der Waals surface area (Å²) in [6.45, 7) is 0.295. The fourth-order valence-corrected chi connectivity index (χ4v) is 1.50. The van der Waals surface area contributed by atoms with Gasteiger partial charge in [0.2, 0.25) is 5.91 Å². The highest BCUT2D eigenvalue weighted by Gasteiger charge is 2.16. The predicted octanol–water partition coefficient (Wildman–Crippen LogP) is 0.525. The molecule has 0 bridgehead atoms. The molecule has 0 atom stereocenters. The monoisotopic (exact) mass is 270 g/mol. The molecule has 0 aliphatic carbocycles. The highest BCUT2D eigenvalue weighted by Crippen LogP contribution is 2.17. The minimum atomic E-state index is -0.316. The summed E-state index contributed by atoms with van der Waals surface area (Å²) in [7, 11) is 3.13. The topological polar surface area (TPSA) is 88.3 Å². The van der Waals surface area contributed by atoms with E-state index in [9.17, 15) is 9.59 Å². The van der Waals surface area contributed by atoms with Crippen LogP contribution in [0.3, 0.4) is 0 Å². The molecule has 3 N–H and O–H groups in total. The van der Waals surface area contributed by atoms with Crippen molar-refractivity contribution in [2.75, 3.05) is 26.4 Å². The van der Waals surface area contributed by atoms with Crippen LogP contribution in [0.5, 0.6) is 0 Å². The quantitative estimate of drug-likeness (QED) is 0.781. The average molecular weight is 271 g/mol. The maximum absolute atomic E-state index is 12.0. The van der Waals surface area contributed by atoms with Crippen molar-refractivity contribution in [1.82, 2.24) is 15.2 Å². The highest BCUT2D eigenvalue weighted by atomic mass is 35.5. The Morgan fingerprint density at radius 1 is 1.56 bits per heavy atom. The second-order valence-corrected chi connectivity index (χ2v) is 4.11. The zero-order chi connectivity index (χ0) is 13.7. The molecule has 98 valence electrons. The lowest BCUT2D eigenvalue weighted by Crippen LogP contribution is -2.31. The van der Waals surface area contributed by atoms with E-state index in [4.69, 9.17) is 17.3 Å². The van der Waals surface area contributed by atoms with Crippen LogP contribution in [0.4, 0.5) is 5.69 Å². The summed E-state index contributed by atoms with van der Waals surface area (Å²) in [5.74, 6) is -0.449. The lowest BCUT2D eigenvalue weighted by atomic mass is 10.2. The van der Waals surface area contributed by atoms with Crippen molar-refractivity contribution in [3.8, 4) is 0 Å².